The van der Waals surface area contributed by atoms with Gasteiger partial charge in [-0.3, -0.25) is 0 Å². The summed E-state index contributed by atoms with van der Waals surface area (Å²) in [4.78, 5) is 0. The number of allylic oxidation sites excluding steroid dienone is 3. The lowest BCUT2D eigenvalue weighted by atomic mass is 9.73. The van der Waals surface area contributed by atoms with Crippen LogP contribution in [0.2, 0.25) is 0 Å². The molecule has 1 aliphatic rings. The zero-order valence-corrected chi connectivity index (χ0v) is 14.7. The second-order valence-electron chi connectivity index (χ2n) is 6.37. The second kappa shape index (κ2) is 7.72. The van der Waals surface area contributed by atoms with Crippen LogP contribution in [0.5, 0.6) is 11.5 Å². The molecule has 2 heteroatoms. The Labute approximate surface area is 145 Å². The van der Waals surface area contributed by atoms with Gasteiger partial charge >= 0.3 is 0 Å². The van der Waals surface area contributed by atoms with Gasteiger partial charge in [-0.1, -0.05) is 37.1 Å². The van der Waals surface area contributed by atoms with Crippen LogP contribution in [0.4, 0.5) is 0 Å². The molecule has 2 rings (SSSR count). The lowest BCUT2D eigenvalue weighted by Crippen LogP contribution is -2.18. The number of hydrogen-bond acceptors (Lipinski definition) is 2. The minimum Gasteiger partial charge on any atom is -0.496 e. The Morgan fingerprint density at radius 3 is 2.48 bits per heavy atom. The second-order valence-corrected chi connectivity index (χ2v) is 6.37. The van der Waals surface area contributed by atoms with E-state index in [-0.39, 0.29) is 11.8 Å². The van der Waals surface area contributed by atoms with Gasteiger partial charge in [-0.25, -0.2) is 0 Å². The van der Waals surface area contributed by atoms with Gasteiger partial charge in [0.15, 0.2) is 0 Å². The van der Waals surface area contributed by atoms with Crippen LogP contribution < -0.4 is 9.47 Å². The Morgan fingerprint density at radius 2 is 1.96 bits per heavy atom. The molecule has 0 aliphatic heterocycles. The number of aryl methyl sites for hydroxylation is 1. The molecule has 0 fully saturated rings. The van der Waals surface area contributed by atoms with Crippen molar-refractivity contribution in [3.63, 3.8) is 0 Å². The van der Waals surface area contributed by atoms with E-state index < -0.39 is 6.85 Å². The third-order valence-electron chi connectivity index (χ3n) is 4.67. The molecule has 0 saturated carbocycles. The van der Waals surface area contributed by atoms with Crippen LogP contribution in [0, 0.1) is 5.92 Å². The van der Waals surface area contributed by atoms with Gasteiger partial charge in [-0.05, 0) is 56.7 Å². The number of rotatable bonds is 6. The molecular formula is C21H30O2. The molecule has 0 saturated heterocycles. The number of benzene rings is 1. The van der Waals surface area contributed by atoms with Gasteiger partial charge in [0.1, 0.15) is 11.5 Å². The van der Waals surface area contributed by atoms with E-state index in [9.17, 15) is 0 Å². The molecule has 0 bridgehead atoms. The zero-order valence-electron chi connectivity index (χ0n) is 17.7. The molecule has 2 nitrogen and oxygen atoms in total. The standard InChI is InChI=1S/C21H30O2/c1-7-8-16-12-19(22-5)21(20(13-16)23-6)18-11-15(4)9-10-17(18)14(2)3/h11-13,17-18H,2,7-10H2,1,3-6H3/t17-,18+/m0/s1/i3D3. The molecule has 1 aromatic carbocycles. The molecule has 0 heterocycles. The van der Waals surface area contributed by atoms with Crippen molar-refractivity contribution in [1.82, 2.24) is 0 Å². The smallest absolute Gasteiger partial charge is 0.126 e. The summed E-state index contributed by atoms with van der Waals surface area (Å²) < 4.78 is 34.8. The van der Waals surface area contributed by atoms with Crippen LogP contribution in [0.25, 0.3) is 0 Å². The first-order valence-corrected chi connectivity index (χ1v) is 8.34. The van der Waals surface area contributed by atoms with Gasteiger partial charge < -0.3 is 9.47 Å². The van der Waals surface area contributed by atoms with Gasteiger partial charge in [-0.15, -0.1) is 0 Å². The van der Waals surface area contributed by atoms with Gasteiger partial charge in [0.25, 0.3) is 0 Å². The minimum atomic E-state index is -2.16. The van der Waals surface area contributed by atoms with E-state index in [0.717, 1.165) is 48.3 Å². The SMILES string of the molecule is [2H]C([2H])([2H])C(=C)[C@@H]1CCC(C)=C[C@H]1c1c(OC)cc(CCC)cc1OC. The topological polar surface area (TPSA) is 18.5 Å². The first kappa shape index (κ1) is 13.7. The largest absolute Gasteiger partial charge is 0.496 e. The lowest BCUT2D eigenvalue weighted by molar-refractivity contribution is 0.368. The molecule has 0 unspecified atom stereocenters. The van der Waals surface area contributed by atoms with E-state index >= 15 is 0 Å². The van der Waals surface area contributed by atoms with Gasteiger partial charge in [0.05, 0.1) is 14.2 Å². The van der Waals surface area contributed by atoms with Crippen molar-refractivity contribution in [2.75, 3.05) is 14.2 Å². The van der Waals surface area contributed by atoms with E-state index in [1.165, 1.54) is 5.57 Å². The predicted octanol–water partition coefficient (Wildman–Crippen LogP) is 5.67. The maximum atomic E-state index is 7.81. The summed E-state index contributed by atoms with van der Waals surface area (Å²) in [5, 5.41) is 0. The van der Waals surface area contributed by atoms with Crippen LogP contribution in [0.1, 0.15) is 61.1 Å². The van der Waals surface area contributed by atoms with Crippen molar-refractivity contribution < 1.29 is 13.6 Å². The van der Waals surface area contributed by atoms with Crippen LogP contribution >= 0.6 is 0 Å². The molecule has 0 radical (unpaired) electrons. The van der Waals surface area contributed by atoms with Crippen molar-refractivity contribution in [3.8, 4) is 11.5 Å². The van der Waals surface area contributed by atoms with Gasteiger partial charge in [0.2, 0.25) is 0 Å². The van der Waals surface area contributed by atoms with Crippen LogP contribution in [0.3, 0.4) is 0 Å². The highest BCUT2D eigenvalue weighted by molar-refractivity contribution is 5.53. The third kappa shape index (κ3) is 3.80. The Balaban J connectivity index is 2.61. The molecule has 0 amide bonds. The molecule has 0 N–H and O–H groups in total. The van der Waals surface area contributed by atoms with E-state index in [1.807, 2.05) is 12.1 Å². The summed E-state index contributed by atoms with van der Waals surface area (Å²) in [5.74, 6) is 1.24. The van der Waals surface area contributed by atoms with Crippen molar-refractivity contribution in [2.45, 2.75) is 52.3 Å². The van der Waals surface area contributed by atoms with E-state index in [2.05, 4.69) is 26.5 Å². The fourth-order valence-corrected chi connectivity index (χ4v) is 3.50. The molecule has 126 valence electrons. The van der Waals surface area contributed by atoms with Crippen molar-refractivity contribution in [2.24, 2.45) is 5.92 Å². The first-order valence-electron chi connectivity index (χ1n) is 9.84. The average Bonchev–Trinajstić information content (AvgIpc) is 2.59. The summed E-state index contributed by atoms with van der Waals surface area (Å²) in [7, 11) is 3.31. The quantitative estimate of drug-likeness (QED) is 0.629. The number of ether oxygens (including phenoxy) is 2. The van der Waals surface area contributed by atoms with E-state index in [4.69, 9.17) is 13.6 Å². The van der Waals surface area contributed by atoms with Crippen LogP contribution in [-0.4, -0.2) is 14.2 Å². The van der Waals surface area contributed by atoms with E-state index in [1.54, 1.807) is 14.2 Å². The Kier molecular flexibility index (Phi) is 4.60. The maximum absolute atomic E-state index is 7.81. The fourth-order valence-electron chi connectivity index (χ4n) is 3.50. The summed E-state index contributed by atoms with van der Waals surface area (Å²) in [6.07, 6.45) is 5.79. The van der Waals surface area contributed by atoms with Gasteiger partial charge in [-0.2, -0.15) is 0 Å². The monoisotopic (exact) mass is 317 g/mol. The maximum Gasteiger partial charge on any atom is 0.126 e. The highest BCUT2D eigenvalue weighted by atomic mass is 16.5. The minimum absolute atomic E-state index is 0.114. The summed E-state index contributed by atoms with van der Waals surface area (Å²) in [6.45, 7) is 6.00. The number of hydrogen-bond donors (Lipinski definition) is 0. The molecule has 0 spiro atoms. The molecule has 23 heavy (non-hydrogen) atoms. The van der Waals surface area contributed by atoms with E-state index in [0.29, 0.717) is 5.57 Å². The summed E-state index contributed by atoms with van der Waals surface area (Å²) >= 11 is 0. The Bertz CT molecular complexity index is 664. The lowest BCUT2D eigenvalue weighted by Gasteiger charge is -2.32. The molecule has 0 aromatic heterocycles. The molecule has 1 aliphatic carbocycles. The molecular weight excluding hydrogens is 284 g/mol. The summed E-state index contributed by atoms with van der Waals surface area (Å²) in [5.41, 5.74) is 3.65. The summed E-state index contributed by atoms with van der Waals surface area (Å²) in [6, 6.07) is 4.10. The molecule has 1 aromatic rings. The third-order valence-corrected chi connectivity index (χ3v) is 4.67. The number of methoxy groups -OCH3 is 2. The highest BCUT2D eigenvalue weighted by Crippen LogP contribution is 2.47. The Morgan fingerprint density at radius 1 is 1.30 bits per heavy atom. The van der Waals surface area contributed by atoms with Gasteiger partial charge in [0, 0.05) is 15.6 Å². The first-order chi connectivity index (χ1) is 12.2. The Hall–Kier alpha value is -1.70. The van der Waals surface area contributed by atoms with Crippen LogP contribution in [0.15, 0.2) is 35.9 Å². The zero-order chi connectivity index (χ0) is 19.5. The average molecular weight is 317 g/mol. The van der Waals surface area contributed by atoms with Crippen LogP contribution in [-0.2, 0) is 6.42 Å². The fraction of sp³-hybridized carbons (Fsp3) is 0.524. The predicted molar refractivity (Wildman–Crippen MR) is 97.6 cm³/mol. The van der Waals surface area contributed by atoms with Crippen molar-refractivity contribution >= 4 is 0 Å². The van der Waals surface area contributed by atoms with Crippen molar-refractivity contribution in [1.29, 1.82) is 0 Å². The molecule has 2 atom stereocenters. The normalized spacial score (nSPS) is 23.3. The highest BCUT2D eigenvalue weighted by Gasteiger charge is 2.30. The van der Waals surface area contributed by atoms with Crippen molar-refractivity contribution in [3.05, 3.63) is 47.1 Å².